The zero-order chi connectivity index (χ0) is 20.2. The molecule has 0 aliphatic carbocycles. The summed E-state index contributed by atoms with van der Waals surface area (Å²) < 4.78 is 63.2. The average molecular weight is 396 g/mol. The van der Waals surface area contributed by atoms with Crippen LogP contribution in [0.2, 0.25) is 0 Å². The minimum Gasteiger partial charge on any atom is -0.367 e. The quantitative estimate of drug-likeness (QED) is 0.549. The lowest BCUT2D eigenvalue weighted by molar-refractivity contribution is -0.137. The number of hydrogen-bond acceptors (Lipinski definition) is 3. The molecule has 4 nitrogen and oxygen atoms in total. The number of anilines is 1. The van der Waals surface area contributed by atoms with Gasteiger partial charge < -0.3 is 4.90 Å². The van der Waals surface area contributed by atoms with E-state index in [1.54, 1.807) is 12.1 Å². The van der Waals surface area contributed by atoms with E-state index in [-0.39, 0.29) is 4.90 Å². The Bertz CT molecular complexity index is 915. The van der Waals surface area contributed by atoms with Crippen molar-refractivity contribution >= 4 is 15.7 Å². The number of terminal acetylenes is 1. The van der Waals surface area contributed by atoms with Gasteiger partial charge in [0.15, 0.2) is 0 Å². The van der Waals surface area contributed by atoms with E-state index in [2.05, 4.69) is 6.04 Å². The van der Waals surface area contributed by atoms with Gasteiger partial charge in [0.25, 0.3) is 10.0 Å². The zero-order valence-corrected chi connectivity index (χ0v) is 15.7. The van der Waals surface area contributed by atoms with E-state index in [0.29, 0.717) is 18.8 Å². The molecule has 0 atom stereocenters. The fourth-order valence-corrected chi connectivity index (χ4v) is 3.40. The smallest absolute Gasteiger partial charge is 0.367 e. The molecule has 0 saturated carbocycles. The highest BCUT2D eigenvalue weighted by Gasteiger charge is 2.30. The van der Waals surface area contributed by atoms with Crippen LogP contribution in [0.15, 0.2) is 53.4 Å². The molecule has 0 fully saturated rings. The third kappa shape index (κ3) is 4.74. The van der Waals surface area contributed by atoms with Crippen molar-refractivity contribution in [2.75, 3.05) is 18.5 Å². The van der Waals surface area contributed by atoms with Gasteiger partial charge in [0.05, 0.1) is 10.5 Å². The molecule has 2 aromatic carbocycles. The molecule has 8 heteroatoms. The van der Waals surface area contributed by atoms with Crippen molar-refractivity contribution in [3.63, 3.8) is 0 Å². The maximum absolute atomic E-state index is 12.7. The number of sulfonamides is 1. The summed E-state index contributed by atoms with van der Waals surface area (Å²) in [6.07, 6.45) is 0.758. The second-order valence-corrected chi connectivity index (χ2v) is 7.77. The van der Waals surface area contributed by atoms with Gasteiger partial charge in [-0.25, -0.2) is 12.7 Å². The SMILES string of the molecule is C#CN(C)S(=O)(=O)c1ccc(CN(CC)c2ccc(C(F)(F)F)cc2)cc1. The molecule has 2 rings (SSSR count). The number of benzene rings is 2. The third-order valence-corrected chi connectivity index (χ3v) is 5.77. The molecule has 0 unspecified atom stereocenters. The van der Waals surface area contributed by atoms with E-state index in [1.807, 2.05) is 11.8 Å². The largest absolute Gasteiger partial charge is 0.416 e. The first-order chi connectivity index (χ1) is 12.6. The standard InChI is InChI=1S/C19H19F3N2O2S/c1-4-23(3)27(25,26)18-12-6-15(7-13-18)14-24(5-2)17-10-8-16(9-11-17)19(20,21)22/h1,6-13H,5,14H2,2-3H3. The topological polar surface area (TPSA) is 40.6 Å². The Morgan fingerprint density at radius 1 is 1.04 bits per heavy atom. The summed E-state index contributed by atoms with van der Waals surface area (Å²) in [5, 5.41) is 0. The molecule has 0 saturated heterocycles. The van der Waals surface area contributed by atoms with Crippen molar-refractivity contribution in [3.05, 3.63) is 59.7 Å². The zero-order valence-electron chi connectivity index (χ0n) is 14.9. The lowest BCUT2D eigenvalue weighted by Gasteiger charge is -2.24. The molecule has 0 amide bonds. The molecule has 0 aromatic heterocycles. The van der Waals surface area contributed by atoms with Crippen LogP contribution in [0.5, 0.6) is 0 Å². The second-order valence-electron chi connectivity index (χ2n) is 5.80. The first-order valence-corrected chi connectivity index (χ1v) is 9.50. The van der Waals surface area contributed by atoms with Gasteiger partial charge in [0.1, 0.15) is 0 Å². The van der Waals surface area contributed by atoms with Crippen LogP contribution in [-0.4, -0.2) is 26.3 Å². The van der Waals surface area contributed by atoms with E-state index in [4.69, 9.17) is 6.42 Å². The average Bonchev–Trinajstić information content (AvgIpc) is 2.65. The van der Waals surface area contributed by atoms with Gasteiger partial charge in [0.2, 0.25) is 0 Å². The Kier molecular flexibility index (Phi) is 6.06. The molecule has 0 heterocycles. The van der Waals surface area contributed by atoms with E-state index < -0.39 is 21.8 Å². The molecular formula is C19H19F3N2O2S. The Morgan fingerprint density at radius 2 is 1.59 bits per heavy atom. The van der Waals surface area contributed by atoms with E-state index in [1.165, 1.54) is 31.3 Å². The summed E-state index contributed by atoms with van der Waals surface area (Å²) in [6.45, 7) is 2.89. The van der Waals surface area contributed by atoms with Crippen LogP contribution in [0, 0.1) is 12.5 Å². The van der Waals surface area contributed by atoms with Gasteiger partial charge in [0, 0.05) is 31.9 Å². The van der Waals surface area contributed by atoms with Crippen molar-refractivity contribution < 1.29 is 21.6 Å². The molecule has 0 N–H and O–H groups in total. The molecule has 2 aromatic rings. The normalized spacial score (nSPS) is 11.7. The van der Waals surface area contributed by atoms with Crippen LogP contribution in [0.3, 0.4) is 0 Å². The first kappa shape index (κ1) is 20.6. The number of halogens is 3. The summed E-state index contributed by atoms with van der Waals surface area (Å²) in [7, 11) is -2.45. The molecule has 0 aliphatic rings. The van der Waals surface area contributed by atoms with Gasteiger partial charge in [-0.1, -0.05) is 18.6 Å². The van der Waals surface area contributed by atoms with Gasteiger partial charge >= 0.3 is 6.18 Å². The summed E-state index contributed by atoms with van der Waals surface area (Å²) in [6, 6.07) is 13.2. The third-order valence-electron chi connectivity index (χ3n) is 4.08. The second kappa shape index (κ2) is 7.92. The van der Waals surface area contributed by atoms with Crippen molar-refractivity contribution in [2.24, 2.45) is 0 Å². The van der Waals surface area contributed by atoms with Crippen molar-refractivity contribution in [3.8, 4) is 12.5 Å². The highest BCUT2D eigenvalue weighted by atomic mass is 32.2. The maximum atomic E-state index is 12.7. The number of hydrogen-bond donors (Lipinski definition) is 0. The van der Waals surface area contributed by atoms with Gasteiger partial charge in [-0.15, -0.1) is 0 Å². The van der Waals surface area contributed by atoms with Gasteiger partial charge in [-0.3, -0.25) is 0 Å². The lowest BCUT2D eigenvalue weighted by Crippen LogP contribution is -2.23. The molecule has 0 radical (unpaired) electrons. The van der Waals surface area contributed by atoms with Crippen molar-refractivity contribution in [1.82, 2.24) is 4.31 Å². The van der Waals surface area contributed by atoms with E-state index >= 15 is 0 Å². The van der Waals surface area contributed by atoms with Crippen molar-refractivity contribution in [2.45, 2.75) is 24.5 Å². The highest BCUT2D eigenvalue weighted by Crippen LogP contribution is 2.30. The molecule has 27 heavy (non-hydrogen) atoms. The Morgan fingerprint density at radius 3 is 2.04 bits per heavy atom. The predicted molar refractivity (Wildman–Crippen MR) is 98.4 cm³/mol. The fraction of sp³-hybridized carbons (Fsp3) is 0.263. The summed E-state index contributed by atoms with van der Waals surface area (Å²) >= 11 is 0. The first-order valence-electron chi connectivity index (χ1n) is 8.06. The van der Waals surface area contributed by atoms with Crippen LogP contribution in [0.1, 0.15) is 18.1 Å². The lowest BCUT2D eigenvalue weighted by atomic mass is 10.1. The predicted octanol–water partition coefficient (Wildman–Crippen LogP) is 3.94. The number of alkyl halides is 3. The van der Waals surface area contributed by atoms with Crippen LogP contribution >= 0.6 is 0 Å². The molecule has 0 aliphatic heterocycles. The Labute approximate surface area is 157 Å². The molecule has 144 valence electrons. The molecular weight excluding hydrogens is 377 g/mol. The number of nitrogens with zero attached hydrogens (tertiary/aromatic N) is 2. The van der Waals surface area contributed by atoms with E-state index in [0.717, 1.165) is 22.0 Å². The van der Waals surface area contributed by atoms with Crippen molar-refractivity contribution in [1.29, 1.82) is 0 Å². The minimum atomic E-state index is -4.37. The minimum absolute atomic E-state index is 0.0734. The molecule has 0 bridgehead atoms. The van der Waals surface area contributed by atoms with Gasteiger partial charge in [-0.2, -0.15) is 13.2 Å². The monoisotopic (exact) mass is 396 g/mol. The fourth-order valence-electron chi connectivity index (χ4n) is 2.46. The van der Waals surface area contributed by atoms with Crippen LogP contribution < -0.4 is 4.90 Å². The van der Waals surface area contributed by atoms with Crippen LogP contribution in [0.4, 0.5) is 18.9 Å². The summed E-state index contributed by atoms with van der Waals surface area (Å²) in [5.41, 5.74) is 0.766. The summed E-state index contributed by atoms with van der Waals surface area (Å²) in [5.74, 6) is 0. The number of rotatable bonds is 6. The Hall–Kier alpha value is -2.66. The summed E-state index contributed by atoms with van der Waals surface area (Å²) in [4.78, 5) is 1.96. The van der Waals surface area contributed by atoms with Crippen LogP contribution in [0.25, 0.3) is 0 Å². The van der Waals surface area contributed by atoms with Gasteiger partial charge in [-0.05, 0) is 48.9 Å². The highest BCUT2D eigenvalue weighted by molar-refractivity contribution is 7.89. The maximum Gasteiger partial charge on any atom is 0.416 e. The van der Waals surface area contributed by atoms with Crippen LogP contribution in [-0.2, 0) is 22.7 Å². The Balaban J connectivity index is 2.19. The van der Waals surface area contributed by atoms with E-state index in [9.17, 15) is 21.6 Å². The molecule has 0 spiro atoms.